The summed E-state index contributed by atoms with van der Waals surface area (Å²) in [5.41, 5.74) is 1.16. The van der Waals surface area contributed by atoms with Gasteiger partial charge in [0.25, 0.3) is 0 Å². The van der Waals surface area contributed by atoms with Crippen molar-refractivity contribution in [2.24, 2.45) is 5.92 Å². The second kappa shape index (κ2) is 5.54. The zero-order valence-electron chi connectivity index (χ0n) is 10.6. The maximum absolute atomic E-state index is 11.7. The molecule has 2 rings (SSSR count). The Kier molecular flexibility index (Phi) is 3.82. The molecular formula is C15H16O3. The van der Waals surface area contributed by atoms with E-state index in [0.717, 1.165) is 12.0 Å². The summed E-state index contributed by atoms with van der Waals surface area (Å²) in [4.78, 5) is 11.7. The van der Waals surface area contributed by atoms with Crippen LogP contribution in [0.1, 0.15) is 30.0 Å². The lowest BCUT2D eigenvalue weighted by molar-refractivity contribution is 0.0701. The van der Waals surface area contributed by atoms with Crippen LogP contribution < -0.4 is 4.74 Å². The highest BCUT2D eigenvalue weighted by atomic mass is 16.5. The fraction of sp³-hybridized carbons (Fsp3) is 0.267. The number of hydrogen-bond acceptors (Lipinski definition) is 3. The number of carbonyl (C=O) groups is 1. The highest BCUT2D eigenvalue weighted by Gasteiger charge is 2.11. The van der Waals surface area contributed by atoms with Crippen LogP contribution in [-0.4, -0.2) is 5.97 Å². The maximum Gasteiger partial charge on any atom is 0.379 e. The first-order chi connectivity index (χ1) is 8.65. The summed E-state index contributed by atoms with van der Waals surface area (Å²) in [5.74, 6) is 0.863. The van der Waals surface area contributed by atoms with Gasteiger partial charge in [-0.2, -0.15) is 0 Å². The first kappa shape index (κ1) is 12.4. The van der Waals surface area contributed by atoms with E-state index in [2.05, 4.69) is 13.8 Å². The van der Waals surface area contributed by atoms with Crippen molar-refractivity contribution in [3.05, 3.63) is 54.0 Å². The summed E-state index contributed by atoms with van der Waals surface area (Å²) in [6.07, 6.45) is 2.41. The second-order valence-corrected chi connectivity index (χ2v) is 4.61. The van der Waals surface area contributed by atoms with E-state index >= 15 is 0 Å². The van der Waals surface area contributed by atoms with Crippen molar-refractivity contribution in [1.82, 2.24) is 0 Å². The Morgan fingerprint density at radius 2 is 2.11 bits per heavy atom. The molecule has 0 bridgehead atoms. The molecule has 0 radical (unpaired) electrons. The van der Waals surface area contributed by atoms with Gasteiger partial charge in [0.05, 0.1) is 6.26 Å². The van der Waals surface area contributed by atoms with Crippen molar-refractivity contribution >= 4 is 5.97 Å². The highest BCUT2D eigenvalue weighted by molar-refractivity contribution is 5.88. The van der Waals surface area contributed by atoms with E-state index in [4.69, 9.17) is 9.15 Å². The van der Waals surface area contributed by atoms with Crippen molar-refractivity contribution in [2.75, 3.05) is 0 Å². The second-order valence-electron chi connectivity index (χ2n) is 4.61. The van der Waals surface area contributed by atoms with Crippen LogP contribution in [0.2, 0.25) is 0 Å². The molecule has 3 heteroatoms. The Balaban J connectivity index is 2.07. The van der Waals surface area contributed by atoms with Gasteiger partial charge in [-0.1, -0.05) is 26.0 Å². The van der Waals surface area contributed by atoms with Crippen LogP contribution in [0.25, 0.3) is 0 Å². The third-order valence-electron chi connectivity index (χ3n) is 2.48. The van der Waals surface area contributed by atoms with Crippen molar-refractivity contribution in [1.29, 1.82) is 0 Å². The molecule has 1 heterocycles. The molecule has 18 heavy (non-hydrogen) atoms. The predicted molar refractivity (Wildman–Crippen MR) is 68.7 cm³/mol. The van der Waals surface area contributed by atoms with Gasteiger partial charge in [0.15, 0.2) is 0 Å². The minimum absolute atomic E-state index is 0.212. The van der Waals surface area contributed by atoms with Gasteiger partial charge in [0.2, 0.25) is 5.76 Å². The molecule has 94 valence electrons. The highest BCUT2D eigenvalue weighted by Crippen LogP contribution is 2.17. The van der Waals surface area contributed by atoms with Gasteiger partial charge in [-0.25, -0.2) is 4.79 Å². The molecular weight excluding hydrogens is 228 g/mol. The Morgan fingerprint density at radius 1 is 1.28 bits per heavy atom. The molecule has 2 aromatic rings. The van der Waals surface area contributed by atoms with E-state index in [9.17, 15) is 4.79 Å². The Hall–Kier alpha value is -2.03. The van der Waals surface area contributed by atoms with Crippen LogP contribution in [-0.2, 0) is 6.42 Å². The van der Waals surface area contributed by atoms with Crippen LogP contribution in [0, 0.1) is 5.92 Å². The lowest BCUT2D eigenvalue weighted by Crippen LogP contribution is -2.07. The summed E-state index contributed by atoms with van der Waals surface area (Å²) in [5, 5.41) is 0. The minimum Gasteiger partial charge on any atom is -0.457 e. The zero-order chi connectivity index (χ0) is 13.0. The summed E-state index contributed by atoms with van der Waals surface area (Å²) >= 11 is 0. The van der Waals surface area contributed by atoms with Crippen LogP contribution in [0.5, 0.6) is 5.75 Å². The molecule has 0 saturated heterocycles. The molecule has 0 aliphatic heterocycles. The van der Waals surface area contributed by atoms with E-state index in [1.165, 1.54) is 6.26 Å². The topological polar surface area (TPSA) is 39.4 Å². The van der Waals surface area contributed by atoms with E-state index < -0.39 is 5.97 Å². The van der Waals surface area contributed by atoms with Crippen LogP contribution in [0.15, 0.2) is 47.1 Å². The normalized spacial score (nSPS) is 10.6. The molecule has 0 spiro atoms. The standard InChI is InChI=1S/C15H16O3/c1-11(2)9-12-5-3-6-13(10-12)18-15(16)14-7-4-8-17-14/h3-8,10-11H,9H2,1-2H3. The minimum atomic E-state index is -0.471. The van der Waals surface area contributed by atoms with E-state index in [-0.39, 0.29) is 5.76 Å². The van der Waals surface area contributed by atoms with Gasteiger partial charge in [0, 0.05) is 0 Å². The summed E-state index contributed by atoms with van der Waals surface area (Å²) in [6.45, 7) is 4.31. The van der Waals surface area contributed by atoms with Crippen LogP contribution >= 0.6 is 0 Å². The van der Waals surface area contributed by atoms with Crippen molar-refractivity contribution in [2.45, 2.75) is 20.3 Å². The Bertz CT molecular complexity index is 512. The molecule has 0 unspecified atom stereocenters. The quantitative estimate of drug-likeness (QED) is 0.608. The van der Waals surface area contributed by atoms with Crippen molar-refractivity contribution in [3.63, 3.8) is 0 Å². The Morgan fingerprint density at radius 3 is 2.78 bits per heavy atom. The number of hydrogen-bond donors (Lipinski definition) is 0. The molecule has 1 aromatic carbocycles. The zero-order valence-corrected chi connectivity index (χ0v) is 10.6. The van der Waals surface area contributed by atoms with E-state index in [1.807, 2.05) is 18.2 Å². The lowest BCUT2D eigenvalue weighted by atomic mass is 10.0. The SMILES string of the molecule is CC(C)Cc1cccc(OC(=O)c2ccco2)c1. The van der Waals surface area contributed by atoms with Crippen molar-refractivity contribution < 1.29 is 13.9 Å². The van der Waals surface area contributed by atoms with Gasteiger partial charge in [-0.15, -0.1) is 0 Å². The fourth-order valence-corrected chi connectivity index (χ4v) is 1.76. The summed E-state index contributed by atoms with van der Waals surface area (Å²) in [7, 11) is 0. The number of esters is 1. The first-order valence-electron chi connectivity index (χ1n) is 6.00. The molecule has 0 saturated carbocycles. The fourth-order valence-electron chi connectivity index (χ4n) is 1.76. The summed E-state index contributed by atoms with van der Waals surface area (Å²) in [6, 6.07) is 10.8. The lowest BCUT2D eigenvalue weighted by Gasteiger charge is -2.07. The summed E-state index contributed by atoms with van der Waals surface area (Å²) < 4.78 is 10.2. The molecule has 3 nitrogen and oxygen atoms in total. The molecule has 0 atom stereocenters. The molecule has 0 amide bonds. The third-order valence-corrected chi connectivity index (χ3v) is 2.48. The third kappa shape index (κ3) is 3.23. The largest absolute Gasteiger partial charge is 0.457 e. The smallest absolute Gasteiger partial charge is 0.379 e. The van der Waals surface area contributed by atoms with Crippen LogP contribution in [0.3, 0.4) is 0 Å². The van der Waals surface area contributed by atoms with Gasteiger partial charge >= 0.3 is 5.97 Å². The number of furan rings is 1. The number of benzene rings is 1. The van der Waals surface area contributed by atoms with Gasteiger partial charge < -0.3 is 9.15 Å². The van der Waals surface area contributed by atoms with E-state index in [0.29, 0.717) is 11.7 Å². The molecule has 0 aliphatic carbocycles. The Labute approximate surface area is 106 Å². The molecule has 0 fully saturated rings. The average Bonchev–Trinajstić information content (AvgIpc) is 2.81. The van der Waals surface area contributed by atoms with Crippen molar-refractivity contribution in [3.8, 4) is 5.75 Å². The first-order valence-corrected chi connectivity index (χ1v) is 6.00. The van der Waals surface area contributed by atoms with Crippen LogP contribution in [0.4, 0.5) is 0 Å². The van der Waals surface area contributed by atoms with Gasteiger partial charge in [0.1, 0.15) is 5.75 Å². The molecule has 0 aliphatic rings. The van der Waals surface area contributed by atoms with E-state index in [1.54, 1.807) is 18.2 Å². The predicted octanol–water partition coefficient (Wildman–Crippen LogP) is 3.70. The number of rotatable bonds is 4. The molecule has 0 N–H and O–H groups in total. The number of carbonyl (C=O) groups excluding carboxylic acids is 1. The van der Waals surface area contributed by atoms with Gasteiger partial charge in [-0.3, -0.25) is 0 Å². The number of ether oxygens (including phenoxy) is 1. The van der Waals surface area contributed by atoms with Gasteiger partial charge in [-0.05, 0) is 42.2 Å². The molecule has 1 aromatic heterocycles. The monoisotopic (exact) mass is 244 g/mol. The average molecular weight is 244 g/mol. The maximum atomic E-state index is 11.7.